The van der Waals surface area contributed by atoms with Crippen LogP contribution < -0.4 is 4.90 Å². The summed E-state index contributed by atoms with van der Waals surface area (Å²) in [6.07, 6.45) is 0. The number of hydrogen-bond acceptors (Lipinski definition) is 4. The van der Waals surface area contributed by atoms with Crippen LogP contribution >= 0.6 is 23.2 Å². The van der Waals surface area contributed by atoms with E-state index in [1.54, 1.807) is 0 Å². The fraction of sp³-hybridized carbons (Fsp3) is 0.167. The lowest BCUT2D eigenvalue weighted by atomic mass is 9.54. The SMILES string of the molecule is O=C1[C@@H]2C3c4ccccc4C(Cl)(c4ccccc43)[C@@H]2C(=O)N1c1cc([N+](=O)[O-])ccc1Cl. The van der Waals surface area contributed by atoms with Crippen LogP contribution in [0.2, 0.25) is 5.02 Å². The molecule has 2 atom stereocenters. The third-order valence-electron chi connectivity index (χ3n) is 6.90. The highest BCUT2D eigenvalue weighted by atomic mass is 35.5. The van der Waals surface area contributed by atoms with Crippen molar-refractivity contribution in [2.24, 2.45) is 11.8 Å². The van der Waals surface area contributed by atoms with E-state index in [1.165, 1.54) is 18.2 Å². The van der Waals surface area contributed by atoms with E-state index in [-0.39, 0.29) is 22.3 Å². The largest absolute Gasteiger partial charge is 0.274 e. The lowest BCUT2D eigenvalue weighted by Crippen LogP contribution is -2.50. The van der Waals surface area contributed by atoms with Crippen LogP contribution in [0.15, 0.2) is 66.7 Å². The first-order chi connectivity index (χ1) is 15.4. The molecule has 4 aliphatic rings. The number of nitro benzene ring substituents is 1. The molecule has 3 aromatic rings. The van der Waals surface area contributed by atoms with E-state index in [2.05, 4.69) is 0 Å². The van der Waals surface area contributed by atoms with Gasteiger partial charge in [-0.15, -0.1) is 11.6 Å². The smallest absolute Gasteiger partial charge is 0.271 e. The maximum atomic E-state index is 13.8. The zero-order chi connectivity index (χ0) is 22.4. The molecule has 1 fully saturated rings. The molecule has 158 valence electrons. The number of alkyl halides is 1. The van der Waals surface area contributed by atoms with Gasteiger partial charge in [0.2, 0.25) is 11.8 Å². The highest BCUT2D eigenvalue weighted by Crippen LogP contribution is 2.66. The summed E-state index contributed by atoms with van der Waals surface area (Å²) >= 11 is 13.7. The maximum Gasteiger partial charge on any atom is 0.271 e. The van der Waals surface area contributed by atoms with E-state index >= 15 is 0 Å². The van der Waals surface area contributed by atoms with Crippen LogP contribution in [0.25, 0.3) is 0 Å². The van der Waals surface area contributed by atoms with Crippen LogP contribution in [0.1, 0.15) is 28.2 Å². The second-order valence-corrected chi connectivity index (χ2v) is 9.28. The molecule has 0 saturated carbocycles. The molecule has 1 heterocycles. The molecule has 0 radical (unpaired) electrons. The summed E-state index contributed by atoms with van der Waals surface area (Å²) in [5, 5.41) is 11.4. The van der Waals surface area contributed by atoms with Gasteiger partial charge in [0.05, 0.1) is 27.5 Å². The molecule has 8 heteroatoms. The number of halogens is 2. The van der Waals surface area contributed by atoms with Gasteiger partial charge in [-0.05, 0) is 28.3 Å². The summed E-state index contributed by atoms with van der Waals surface area (Å²) in [6, 6.07) is 19.0. The van der Waals surface area contributed by atoms with Crippen LogP contribution in [-0.2, 0) is 14.5 Å². The first-order valence-corrected chi connectivity index (χ1v) is 10.8. The van der Waals surface area contributed by atoms with E-state index in [9.17, 15) is 19.7 Å². The minimum absolute atomic E-state index is 0.0121. The molecule has 7 rings (SSSR count). The lowest BCUT2D eigenvalue weighted by Gasteiger charge is -2.50. The van der Waals surface area contributed by atoms with Crippen LogP contribution in [0.5, 0.6) is 0 Å². The summed E-state index contributed by atoms with van der Waals surface area (Å²) in [4.78, 5) is 38.0. The number of rotatable bonds is 2. The van der Waals surface area contributed by atoms with Gasteiger partial charge in [-0.2, -0.15) is 0 Å². The lowest BCUT2D eigenvalue weighted by molar-refractivity contribution is -0.384. The van der Waals surface area contributed by atoms with E-state index in [0.717, 1.165) is 27.2 Å². The molecule has 0 unspecified atom stereocenters. The number of nitro groups is 1. The predicted octanol–water partition coefficient (Wildman–Crippen LogP) is 5.00. The Morgan fingerprint density at radius 2 is 1.50 bits per heavy atom. The number of amides is 2. The maximum absolute atomic E-state index is 13.8. The van der Waals surface area contributed by atoms with Gasteiger partial charge in [0.1, 0.15) is 4.87 Å². The summed E-state index contributed by atoms with van der Waals surface area (Å²) < 4.78 is 0. The van der Waals surface area contributed by atoms with Crippen molar-refractivity contribution in [1.29, 1.82) is 0 Å². The Hall–Kier alpha value is -3.22. The van der Waals surface area contributed by atoms with E-state index in [4.69, 9.17) is 23.2 Å². The number of non-ortho nitro benzene ring substituents is 1. The Kier molecular flexibility index (Phi) is 3.89. The summed E-state index contributed by atoms with van der Waals surface area (Å²) in [5.41, 5.74) is 3.25. The Labute approximate surface area is 192 Å². The first-order valence-electron chi connectivity index (χ1n) is 10.0. The second kappa shape index (κ2) is 6.40. The third kappa shape index (κ3) is 2.21. The molecule has 1 aliphatic heterocycles. The second-order valence-electron chi connectivity index (χ2n) is 8.27. The normalized spacial score (nSPS) is 27.2. The minimum Gasteiger partial charge on any atom is -0.274 e. The van der Waals surface area contributed by atoms with E-state index in [1.807, 2.05) is 48.5 Å². The van der Waals surface area contributed by atoms with Crippen molar-refractivity contribution >= 4 is 46.4 Å². The van der Waals surface area contributed by atoms with Crippen LogP contribution in [0.3, 0.4) is 0 Å². The van der Waals surface area contributed by atoms with E-state index in [0.29, 0.717) is 0 Å². The van der Waals surface area contributed by atoms with Gasteiger partial charge < -0.3 is 0 Å². The molecule has 0 spiro atoms. The van der Waals surface area contributed by atoms with Crippen molar-refractivity contribution in [2.75, 3.05) is 4.90 Å². The van der Waals surface area contributed by atoms with Gasteiger partial charge >= 0.3 is 0 Å². The van der Waals surface area contributed by atoms with Crippen LogP contribution in [0, 0.1) is 22.0 Å². The zero-order valence-corrected chi connectivity index (χ0v) is 17.9. The molecule has 3 aliphatic carbocycles. The standard InChI is InChI=1S/C24H14Cl2N2O4/c25-17-10-9-12(28(31)32)11-18(17)27-22(29)20-19-13-5-1-3-7-15(13)24(26,21(20)23(27)30)16-8-4-2-6-14(16)19/h1-11,19-21H/t19?,20-,21+,24?/m1/s1. The molecule has 32 heavy (non-hydrogen) atoms. The monoisotopic (exact) mass is 464 g/mol. The van der Waals surface area contributed by atoms with Gasteiger partial charge in [-0.1, -0.05) is 60.1 Å². The molecule has 2 bridgehead atoms. The van der Waals surface area contributed by atoms with Gasteiger partial charge in [-0.3, -0.25) is 19.7 Å². The minimum atomic E-state index is -1.22. The molecular formula is C24H14Cl2N2O4. The Balaban J connectivity index is 1.60. The summed E-state index contributed by atoms with van der Waals surface area (Å²) in [5.74, 6) is -2.85. The number of hydrogen-bond donors (Lipinski definition) is 0. The molecule has 3 aromatic carbocycles. The predicted molar refractivity (Wildman–Crippen MR) is 119 cm³/mol. The average molecular weight is 465 g/mol. The highest BCUT2D eigenvalue weighted by Gasteiger charge is 2.68. The first kappa shape index (κ1) is 19.5. The molecule has 6 nitrogen and oxygen atoms in total. The Bertz CT molecular complexity index is 1320. The Morgan fingerprint density at radius 1 is 0.906 bits per heavy atom. The zero-order valence-electron chi connectivity index (χ0n) is 16.4. The van der Waals surface area contributed by atoms with E-state index < -0.39 is 33.4 Å². The van der Waals surface area contributed by atoms with Crippen molar-refractivity contribution in [3.8, 4) is 0 Å². The third-order valence-corrected chi connectivity index (χ3v) is 7.86. The van der Waals surface area contributed by atoms with Crippen molar-refractivity contribution in [3.05, 3.63) is 104 Å². The average Bonchev–Trinajstić information content (AvgIpc) is 3.06. The quantitative estimate of drug-likeness (QED) is 0.231. The number of carbonyl (C=O) groups is 2. The summed E-state index contributed by atoms with van der Waals surface area (Å²) in [7, 11) is 0. The molecule has 0 N–H and O–H groups in total. The molecular weight excluding hydrogens is 451 g/mol. The fourth-order valence-corrected chi connectivity index (χ4v) is 6.48. The topological polar surface area (TPSA) is 80.5 Å². The molecule has 1 saturated heterocycles. The highest BCUT2D eigenvalue weighted by molar-refractivity contribution is 6.38. The molecule has 2 amide bonds. The van der Waals surface area contributed by atoms with Crippen molar-refractivity contribution < 1.29 is 14.5 Å². The van der Waals surface area contributed by atoms with Crippen LogP contribution in [0.4, 0.5) is 11.4 Å². The number of carbonyl (C=O) groups excluding carboxylic acids is 2. The van der Waals surface area contributed by atoms with Crippen LogP contribution in [-0.4, -0.2) is 16.7 Å². The summed E-state index contributed by atoms with van der Waals surface area (Å²) in [6.45, 7) is 0. The van der Waals surface area contributed by atoms with Gasteiger partial charge in [-0.25, -0.2) is 4.90 Å². The number of nitrogens with zero attached hydrogens (tertiary/aromatic N) is 2. The fourth-order valence-electron chi connectivity index (χ4n) is 5.70. The Morgan fingerprint density at radius 3 is 2.09 bits per heavy atom. The van der Waals surface area contributed by atoms with Crippen molar-refractivity contribution in [2.45, 2.75) is 10.8 Å². The van der Waals surface area contributed by atoms with Crippen molar-refractivity contribution in [1.82, 2.24) is 0 Å². The number of imide groups is 1. The number of benzene rings is 3. The van der Waals surface area contributed by atoms with Gasteiger partial charge in [0.15, 0.2) is 0 Å². The van der Waals surface area contributed by atoms with Crippen molar-refractivity contribution in [3.63, 3.8) is 0 Å². The van der Waals surface area contributed by atoms with Gasteiger partial charge in [0.25, 0.3) is 5.69 Å². The number of anilines is 1. The van der Waals surface area contributed by atoms with Gasteiger partial charge in [0, 0.05) is 18.1 Å². The molecule has 0 aromatic heterocycles.